The van der Waals surface area contributed by atoms with Crippen molar-refractivity contribution in [2.24, 2.45) is 0 Å². The summed E-state index contributed by atoms with van der Waals surface area (Å²) >= 11 is 0. The van der Waals surface area contributed by atoms with E-state index in [9.17, 15) is 13.2 Å². The molecule has 0 radical (unpaired) electrons. The first-order chi connectivity index (χ1) is 5.47. The molecule has 2 nitrogen and oxygen atoms in total. The van der Waals surface area contributed by atoms with E-state index in [0.29, 0.717) is 12.8 Å². The highest BCUT2D eigenvalue weighted by atomic mass is 19.4. The van der Waals surface area contributed by atoms with Crippen LogP contribution in [0.3, 0.4) is 0 Å². The largest absolute Gasteiger partial charge is 0.393 e. The molecule has 0 aliphatic heterocycles. The van der Waals surface area contributed by atoms with Crippen LogP contribution in [0.1, 0.15) is 19.3 Å². The monoisotopic (exact) mass is 184 g/mol. The SMILES string of the molecule is OC1CC(OCCC(F)(F)F)C1. The number of halogens is 3. The first kappa shape index (κ1) is 9.80. The zero-order chi connectivity index (χ0) is 9.19. The topological polar surface area (TPSA) is 29.5 Å². The van der Waals surface area contributed by atoms with Gasteiger partial charge in [0.1, 0.15) is 0 Å². The van der Waals surface area contributed by atoms with Gasteiger partial charge in [0, 0.05) is 0 Å². The number of aliphatic hydroxyl groups excluding tert-OH is 1. The molecular formula is C7H11F3O2. The molecule has 1 N–H and O–H groups in total. The van der Waals surface area contributed by atoms with Gasteiger partial charge in [-0.3, -0.25) is 0 Å². The number of hydrogen-bond acceptors (Lipinski definition) is 2. The highest BCUT2D eigenvalue weighted by Crippen LogP contribution is 2.25. The van der Waals surface area contributed by atoms with E-state index >= 15 is 0 Å². The number of alkyl halides is 3. The van der Waals surface area contributed by atoms with Crippen molar-refractivity contribution in [2.45, 2.75) is 37.6 Å². The quantitative estimate of drug-likeness (QED) is 0.719. The molecule has 72 valence electrons. The van der Waals surface area contributed by atoms with Crippen molar-refractivity contribution < 1.29 is 23.0 Å². The summed E-state index contributed by atoms with van der Waals surface area (Å²) in [6.07, 6.45) is -4.64. The molecule has 0 aromatic carbocycles. The van der Waals surface area contributed by atoms with E-state index in [1.54, 1.807) is 0 Å². The summed E-state index contributed by atoms with van der Waals surface area (Å²) in [6.45, 7) is -0.291. The molecule has 1 saturated carbocycles. The minimum atomic E-state index is -4.14. The van der Waals surface area contributed by atoms with E-state index in [1.165, 1.54) is 0 Å². The van der Waals surface area contributed by atoms with Crippen LogP contribution in [0.5, 0.6) is 0 Å². The maximum Gasteiger partial charge on any atom is 0.391 e. The molecule has 0 saturated heterocycles. The van der Waals surface area contributed by atoms with Gasteiger partial charge in [-0.2, -0.15) is 13.2 Å². The van der Waals surface area contributed by atoms with Gasteiger partial charge in [0.15, 0.2) is 0 Å². The first-order valence-electron chi connectivity index (χ1n) is 3.84. The summed E-state index contributed by atoms with van der Waals surface area (Å²) in [5, 5.41) is 8.78. The molecule has 12 heavy (non-hydrogen) atoms. The van der Waals surface area contributed by atoms with Crippen molar-refractivity contribution in [2.75, 3.05) is 6.61 Å². The van der Waals surface area contributed by atoms with Crippen molar-refractivity contribution in [3.63, 3.8) is 0 Å². The van der Waals surface area contributed by atoms with Gasteiger partial charge in [0.05, 0.1) is 25.2 Å². The lowest BCUT2D eigenvalue weighted by Crippen LogP contribution is -2.36. The van der Waals surface area contributed by atoms with Gasteiger partial charge in [-0.1, -0.05) is 0 Å². The lowest BCUT2D eigenvalue weighted by atomic mass is 9.92. The number of hydrogen-bond donors (Lipinski definition) is 1. The Bertz CT molecular complexity index is 140. The van der Waals surface area contributed by atoms with Gasteiger partial charge in [-0.25, -0.2) is 0 Å². The smallest absolute Gasteiger partial charge is 0.391 e. The Labute approximate surface area is 68.3 Å². The molecule has 0 heterocycles. The number of ether oxygens (including phenoxy) is 1. The molecule has 1 aliphatic rings. The van der Waals surface area contributed by atoms with Gasteiger partial charge < -0.3 is 9.84 Å². The zero-order valence-corrected chi connectivity index (χ0v) is 6.47. The van der Waals surface area contributed by atoms with E-state index in [0.717, 1.165) is 0 Å². The molecule has 0 atom stereocenters. The maximum absolute atomic E-state index is 11.6. The summed E-state index contributed by atoms with van der Waals surface area (Å²) < 4.78 is 39.6. The van der Waals surface area contributed by atoms with Crippen LogP contribution in [-0.4, -0.2) is 30.1 Å². The van der Waals surface area contributed by atoms with Crippen LogP contribution in [0, 0.1) is 0 Å². The highest BCUT2D eigenvalue weighted by molar-refractivity contribution is 4.79. The zero-order valence-electron chi connectivity index (χ0n) is 6.47. The Morgan fingerprint density at radius 1 is 1.33 bits per heavy atom. The minimum Gasteiger partial charge on any atom is -0.393 e. The fourth-order valence-corrected chi connectivity index (χ4v) is 1.02. The Hall–Kier alpha value is -0.290. The highest BCUT2D eigenvalue weighted by Gasteiger charge is 2.31. The van der Waals surface area contributed by atoms with Crippen LogP contribution < -0.4 is 0 Å². The van der Waals surface area contributed by atoms with Gasteiger partial charge in [-0.05, 0) is 12.8 Å². The van der Waals surface area contributed by atoms with Gasteiger partial charge >= 0.3 is 6.18 Å². The summed E-state index contributed by atoms with van der Waals surface area (Å²) in [5.74, 6) is 0. The Morgan fingerprint density at radius 2 is 1.92 bits per heavy atom. The predicted molar refractivity (Wildman–Crippen MR) is 35.7 cm³/mol. The van der Waals surface area contributed by atoms with Gasteiger partial charge in [-0.15, -0.1) is 0 Å². The standard InChI is InChI=1S/C7H11F3O2/c8-7(9,10)1-2-12-6-3-5(11)4-6/h5-6,11H,1-4H2. The fraction of sp³-hybridized carbons (Fsp3) is 1.00. The fourth-order valence-electron chi connectivity index (χ4n) is 1.02. The van der Waals surface area contributed by atoms with Crippen molar-refractivity contribution in [1.82, 2.24) is 0 Å². The van der Waals surface area contributed by atoms with Crippen LogP contribution in [0.2, 0.25) is 0 Å². The van der Waals surface area contributed by atoms with Crippen molar-refractivity contribution in [1.29, 1.82) is 0 Å². The van der Waals surface area contributed by atoms with E-state index in [1.807, 2.05) is 0 Å². The molecule has 0 amide bonds. The van der Waals surface area contributed by atoms with Crippen LogP contribution in [0.15, 0.2) is 0 Å². The van der Waals surface area contributed by atoms with Gasteiger partial charge in [0.25, 0.3) is 0 Å². The molecule has 1 fully saturated rings. The summed E-state index contributed by atoms with van der Waals surface area (Å²) in [4.78, 5) is 0. The third kappa shape index (κ3) is 3.40. The second-order valence-corrected chi connectivity index (χ2v) is 2.98. The molecular weight excluding hydrogens is 173 g/mol. The number of aliphatic hydroxyl groups is 1. The molecule has 0 unspecified atom stereocenters. The summed E-state index contributed by atoms with van der Waals surface area (Å²) in [6, 6.07) is 0. The molecule has 0 aromatic heterocycles. The maximum atomic E-state index is 11.6. The second-order valence-electron chi connectivity index (χ2n) is 2.98. The van der Waals surface area contributed by atoms with E-state index in [2.05, 4.69) is 0 Å². The second kappa shape index (κ2) is 3.62. The lowest BCUT2D eigenvalue weighted by Gasteiger charge is -2.31. The van der Waals surface area contributed by atoms with E-state index in [4.69, 9.17) is 9.84 Å². The van der Waals surface area contributed by atoms with Crippen molar-refractivity contribution in [3.8, 4) is 0 Å². The average Bonchev–Trinajstić information content (AvgIpc) is 1.81. The third-order valence-corrected chi connectivity index (χ3v) is 1.81. The minimum absolute atomic E-state index is 0.164. The van der Waals surface area contributed by atoms with E-state index in [-0.39, 0.29) is 18.8 Å². The molecule has 1 rings (SSSR count). The Balaban J connectivity index is 1.97. The van der Waals surface area contributed by atoms with Crippen LogP contribution in [-0.2, 0) is 4.74 Å². The van der Waals surface area contributed by atoms with Crippen LogP contribution in [0.25, 0.3) is 0 Å². The van der Waals surface area contributed by atoms with Crippen molar-refractivity contribution in [3.05, 3.63) is 0 Å². The summed E-state index contributed by atoms with van der Waals surface area (Å²) in [5.41, 5.74) is 0. The number of rotatable bonds is 3. The Kier molecular flexibility index (Phi) is 2.95. The third-order valence-electron chi connectivity index (χ3n) is 1.81. The summed E-state index contributed by atoms with van der Waals surface area (Å²) in [7, 11) is 0. The molecule has 0 bridgehead atoms. The lowest BCUT2D eigenvalue weighted by molar-refractivity contribution is -0.157. The Morgan fingerprint density at radius 3 is 2.33 bits per heavy atom. The molecule has 5 heteroatoms. The predicted octanol–water partition coefficient (Wildman–Crippen LogP) is 1.48. The molecule has 1 aliphatic carbocycles. The molecule has 0 aromatic rings. The normalized spacial score (nSPS) is 30.0. The van der Waals surface area contributed by atoms with Gasteiger partial charge in [0.2, 0.25) is 0 Å². The van der Waals surface area contributed by atoms with Crippen LogP contribution >= 0.6 is 0 Å². The first-order valence-corrected chi connectivity index (χ1v) is 3.84. The average molecular weight is 184 g/mol. The van der Waals surface area contributed by atoms with E-state index < -0.39 is 12.6 Å². The van der Waals surface area contributed by atoms with Crippen LogP contribution in [0.4, 0.5) is 13.2 Å². The molecule has 0 spiro atoms. The van der Waals surface area contributed by atoms with Crippen molar-refractivity contribution >= 4 is 0 Å².